The molecular weight excluding hydrogens is 460 g/mol. The van der Waals surface area contributed by atoms with Crippen LogP contribution >= 0.6 is 0 Å². The van der Waals surface area contributed by atoms with Crippen LogP contribution in [-0.2, 0) is 14.5 Å². The lowest BCUT2D eigenvalue weighted by Crippen LogP contribution is -2.58. The van der Waals surface area contributed by atoms with Gasteiger partial charge in [0.25, 0.3) is 0 Å². The van der Waals surface area contributed by atoms with Crippen molar-refractivity contribution in [3.63, 3.8) is 0 Å². The first-order valence-corrected chi connectivity index (χ1v) is 16.1. The van der Waals surface area contributed by atoms with Gasteiger partial charge in [0.1, 0.15) is 5.78 Å². The maximum atomic E-state index is 13.6. The average molecular weight is 509 g/mol. The minimum absolute atomic E-state index is 0.0273. The van der Waals surface area contributed by atoms with Crippen LogP contribution in [0.15, 0.2) is 0 Å². The molecule has 2 N–H and O–H groups in total. The van der Waals surface area contributed by atoms with Gasteiger partial charge in [-0.15, -0.1) is 0 Å². The Kier molecular flexibility index (Phi) is 6.78. The molecular formula is C28H48N2O4S. The molecule has 0 aromatic carbocycles. The SMILES string of the molecule is C=S(C)(=O)N1CCN(CC(=O)[C@H]2CC[C@H]3[C@@H]4CC[C@H]5C[C@](C)(O)CC[C@]5(CO)[C@H]4CC[C@]23C)CC1. The maximum absolute atomic E-state index is 13.6. The molecule has 1 unspecified atom stereocenters. The van der Waals surface area contributed by atoms with Crippen LogP contribution in [-0.4, -0.2) is 86.5 Å². The van der Waals surface area contributed by atoms with Crippen molar-refractivity contribution in [3.05, 3.63) is 0 Å². The molecule has 1 saturated heterocycles. The number of piperazine rings is 1. The van der Waals surface area contributed by atoms with Crippen LogP contribution in [0.2, 0.25) is 0 Å². The summed E-state index contributed by atoms with van der Waals surface area (Å²) in [5.74, 6) is 6.52. The van der Waals surface area contributed by atoms with Gasteiger partial charge < -0.3 is 10.2 Å². The largest absolute Gasteiger partial charge is 0.396 e. The van der Waals surface area contributed by atoms with Crippen LogP contribution in [0.1, 0.15) is 71.6 Å². The lowest BCUT2D eigenvalue weighted by molar-refractivity contribution is -0.171. The molecule has 5 rings (SSSR count). The van der Waals surface area contributed by atoms with Crippen LogP contribution < -0.4 is 0 Å². The fourth-order valence-electron chi connectivity index (χ4n) is 9.68. The third-order valence-corrected chi connectivity index (χ3v) is 13.0. The number of carbonyl (C=O) groups excluding carboxylic acids is 1. The van der Waals surface area contributed by atoms with E-state index in [1.807, 2.05) is 11.2 Å². The van der Waals surface area contributed by atoms with E-state index in [0.717, 1.165) is 77.5 Å². The molecule has 35 heavy (non-hydrogen) atoms. The van der Waals surface area contributed by atoms with Crippen molar-refractivity contribution >= 4 is 21.4 Å². The fraction of sp³-hybridized carbons (Fsp3) is 0.929. The van der Waals surface area contributed by atoms with Crippen LogP contribution in [0.25, 0.3) is 0 Å². The number of carbonyl (C=O) groups is 1. The summed E-state index contributed by atoms with van der Waals surface area (Å²) in [6.45, 7) is 8.17. The lowest BCUT2D eigenvalue weighted by Gasteiger charge is -2.62. The zero-order valence-electron chi connectivity index (χ0n) is 22.2. The van der Waals surface area contributed by atoms with Gasteiger partial charge in [-0.1, -0.05) is 6.92 Å². The minimum atomic E-state index is -2.16. The smallest absolute Gasteiger partial charge is 0.150 e. The van der Waals surface area contributed by atoms with Crippen LogP contribution in [0.5, 0.6) is 0 Å². The van der Waals surface area contributed by atoms with Gasteiger partial charge in [-0.25, -0.2) is 4.31 Å². The van der Waals surface area contributed by atoms with Gasteiger partial charge in [0.15, 0.2) is 0 Å². The van der Waals surface area contributed by atoms with Crippen molar-refractivity contribution in [1.29, 1.82) is 0 Å². The van der Waals surface area contributed by atoms with Gasteiger partial charge in [0.2, 0.25) is 0 Å². The van der Waals surface area contributed by atoms with E-state index in [4.69, 9.17) is 0 Å². The molecule has 1 aliphatic heterocycles. The van der Waals surface area contributed by atoms with E-state index < -0.39 is 15.3 Å². The number of aliphatic hydroxyl groups is 2. The standard InChI is InChI=1S/C28H48N2O4S/c1-26(33)11-12-28(19-31)20(17-26)5-6-21-22-7-8-24(27(22,2)10-9-23(21)28)25(32)18-29-13-15-30(16-14-29)35(3,4)34/h20-24,31,33H,3,5-19H2,1-2,4H3/t20-,21-,22-,23-,24+,26+,27-,28+,35?/m0/s1. The Labute approximate surface area is 213 Å². The number of Topliss-reactive ketones (excluding diaryl/α,β-unsaturated/α-hetero) is 1. The summed E-state index contributed by atoms with van der Waals surface area (Å²) in [5.41, 5.74) is -0.536. The van der Waals surface area contributed by atoms with Crippen molar-refractivity contribution in [3.8, 4) is 0 Å². The van der Waals surface area contributed by atoms with E-state index in [1.165, 1.54) is 6.42 Å². The first-order chi connectivity index (χ1) is 16.4. The molecule has 0 aromatic rings. The van der Waals surface area contributed by atoms with Gasteiger partial charge in [-0.2, -0.15) is 0 Å². The van der Waals surface area contributed by atoms with E-state index in [1.54, 1.807) is 6.26 Å². The lowest BCUT2D eigenvalue weighted by atomic mass is 9.43. The van der Waals surface area contributed by atoms with Crippen LogP contribution in [0, 0.1) is 40.4 Å². The molecule has 0 aromatic heterocycles. The summed E-state index contributed by atoms with van der Waals surface area (Å²) < 4.78 is 14.2. The zero-order chi connectivity index (χ0) is 25.2. The predicted octanol–water partition coefficient (Wildman–Crippen LogP) is 2.82. The van der Waals surface area contributed by atoms with Crippen molar-refractivity contribution < 1.29 is 19.2 Å². The molecule has 9 atom stereocenters. The summed E-state index contributed by atoms with van der Waals surface area (Å²) in [5, 5.41) is 21.5. The van der Waals surface area contributed by atoms with E-state index in [0.29, 0.717) is 36.0 Å². The van der Waals surface area contributed by atoms with Crippen molar-refractivity contribution in [2.75, 3.05) is 45.6 Å². The van der Waals surface area contributed by atoms with Gasteiger partial charge in [0, 0.05) is 54.7 Å². The number of aliphatic hydroxyl groups excluding tert-OH is 1. The molecule has 6 nitrogen and oxygen atoms in total. The fourth-order valence-corrected chi connectivity index (χ4v) is 10.6. The number of nitrogens with zero attached hydrogens (tertiary/aromatic N) is 2. The highest BCUT2D eigenvalue weighted by molar-refractivity contribution is 7.97. The van der Waals surface area contributed by atoms with Crippen molar-refractivity contribution in [2.45, 2.75) is 77.2 Å². The third-order valence-electron chi connectivity index (χ3n) is 11.6. The van der Waals surface area contributed by atoms with E-state index in [9.17, 15) is 19.2 Å². The monoisotopic (exact) mass is 508 g/mol. The second-order valence-electron chi connectivity index (χ2n) is 13.5. The maximum Gasteiger partial charge on any atom is 0.150 e. The molecule has 0 radical (unpaired) electrons. The molecule has 4 aliphatic carbocycles. The molecule has 4 saturated carbocycles. The Morgan fingerprint density at radius 2 is 1.71 bits per heavy atom. The quantitative estimate of drug-likeness (QED) is 0.558. The average Bonchev–Trinajstić information content (AvgIpc) is 3.15. The first kappa shape index (κ1) is 26.1. The normalized spacial score (nSPS) is 48.4. The highest BCUT2D eigenvalue weighted by atomic mass is 32.2. The minimum Gasteiger partial charge on any atom is -0.396 e. The van der Waals surface area contributed by atoms with Gasteiger partial charge >= 0.3 is 0 Å². The Morgan fingerprint density at radius 1 is 1.00 bits per heavy atom. The molecule has 0 amide bonds. The summed E-state index contributed by atoms with van der Waals surface area (Å²) in [7, 11) is -2.16. The summed E-state index contributed by atoms with van der Waals surface area (Å²) in [6, 6.07) is 0. The third kappa shape index (κ3) is 4.45. The Balaban J connectivity index is 1.26. The summed E-state index contributed by atoms with van der Waals surface area (Å²) >= 11 is 0. The van der Waals surface area contributed by atoms with Gasteiger partial charge in [0.05, 0.1) is 12.1 Å². The molecule has 0 spiro atoms. The molecule has 7 heteroatoms. The number of hydrogen-bond donors (Lipinski definition) is 2. The van der Waals surface area contributed by atoms with Gasteiger partial charge in [-0.05, 0) is 105 Å². The van der Waals surface area contributed by atoms with Crippen LogP contribution in [0.4, 0.5) is 0 Å². The second-order valence-corrected chi connectivity index (χ2v) is 16.0. The Bertz CT molecular complexity index is 927. The van der Waals surface area contributed by atoms with Gasteiger partial charge in [-0.3, -0.25) is 13.9 Å². The van der Waals surface area contributed by atoms with Crippen molar-refractivity contribution in [1.82, 2.24) is 9.21 Å². The van der Waals surface area contributed by atoms with Crippen LogP contribution in [0.3, 0.4) is 0 Å². The number of ketones is 1. The second kappa shape index (κ2) is 9.07. The number of fused-ring (bicyclic) bond motifs is 5. The molecule has 0 bridgehead atoms. The van der Waals surface area contributed by atoms with E-state index in [-0.39, 0.29) is 23.4 Å². The molecule has 1 heterocycles. The highest BCUT2D eigenvalue weighted by Gasteiger charge is 2.63. The van der Waals surface area contributed by atoms with E-state index >= 15 is 0 Å². The molecule has 200 valence electrons. The topological polar surface area (TPSA) is 81.1 Å². The molecule has 5 aliphatic rings. The van der Waals surface area contributed by atoms with Crippen molar-refractivity contribution in [2.24, 2.45) is 40.4 Å². The Hall–Kier alpha value is -0.470. The molecule has 5 fully saturated rings. The number of hydrogen-bond acceptors (Lipinski definition) is 5. The van der Waals surface area contributed by atoms with E-state index in [2.05, 4.69) is 17.7 Å². The predicted molar refractivity (Wildman–Crippen MR) is 141 cm³/mol. The summed E-state index contributed by atoms with van der Waals surface area (Å²) in [6.07, 6.45) is 10.9. The zero-order valence-corrected chi connectivity index (χ0v) is 23.0. The number of rotatable bonds is 5. The Morgan fingerprint density at radius 3 is 2.37 bits per heavy atom. The first-order valence-electron chi connectivity index (χ1n) is 14.1. The highest BCUT2D eigenvalue weighted by Crippen LogP contribution is 2.68. The summed E-state index contributed by atoms with van der Waals surface area (Å²) in [4.78, 5) is 15.9.